The molecule has 3 aromatic rings. The average molecular weight is 315 g/mol. The van der Waals surface area contributed by atoms with Gasteiger partial charge in [-0.3, -0.25) is 0 Å². The number of hydrogen-bond donors (Lipinski definition) is 0. The molecule has 2 aromatic carbocycles. The summed E-state index contributed by atoms with van der Waals surface area (Å²) in [6.45, 7) is 2.02. The van der Waals surface area contributed by atoms with Gasteiger partial charge in [0.25, 0.3) is 0 Å². The highest BCUT2D eigenvalue weighted by molar-refractivity contribution is 6.37. The van der Waals surface area contributed by atoms with Crippen LogP contribution in [-0.2, 0) is 0 Å². The molecule has 0 saturated carbocycles. The van der Waals surface area contributed by atoms with Gasteiger partial charge < -0.3 is 0 Å². The highest BCUT2D eigenvalue weighted by Gasteiger charge is 2.14. The largest absolute Gasteiger partial charge is 0.216 e. The Morgan fingerprint density at radius 1 is 0.762 bits per heavy atom. The van der Waals surface area contributed by atoms with Crippen molar-refractivity contribution in [3.8, 4) is 22.5 Å². The number of halogens is 2. The van der Waals surface area contributed by atoms with E-state index in [2.05, 4.69) is 9.97 Å². The summed E-state index contributed by atoms with van der Waals surface area (Å²) in [5.74, 6) is 0.536. The molecule has 0 amide bonds. The first-order valence-electron chi connectivity index (χ1n) is 6.50. The van der Waals surface area contributed by atoms with Crippen LogP contribution < -0.4 is 0 Å². The highest BCUT2D eigenvalue weighted by atomic mass is 35.5. The SMILES string of the molecule is Cc1cccc(-c2nc(Cl)c(-c3ccccc3)c(Cl)n2)c1. The molecule has 2 nitrogen and oxygen atoms in total. The maximum atomic E-state index is 6.32. The van der Waals surface area contributed by atoms with E-state index < -0.39 is 0 Å². The predicted molar refractivity (Wildman–Crippen MR) is 87.7 cm³/mol. The minimum absolute atomic E-state index is 0.359. The number of aromatic nitrogens is 2. The van der Waals surface area contributed by atoms with Crippen molar-refractivity contribution in [2.45, 2.75) is 6.92 Å². The van der Waals surface area contributed by atoms with E-state index in [1.54, 1.807) is 0 Å². The van der Waals surface area contributed by atoms with Gasteiger partial charge in [-0.2, -0.15) is 0 Å². The van der Waals surface area contributed by atoms with E-state index in [1.807, 2.05) is 61.5 Å². The van der Waals surface area contributed by atoms with Gasteiger partial charge in [-0.05, 0) is 18.6 Å². The number of rotatable bonds is 2. The Kier molecular flexibility index (Phi) is 3.91. The summed E-state index contributed by atoms with van der Waals surface area (Å²) < 4.78 is 0. The average Bonchev–Trinajstić information content (AvgIpc) is 2.47. The summed E-state index contributed by atoms with van der Waals surface area (Å²) in [6, 6.07) is 17.6. The first-order chi connectivity index (χ1) is 10.1. The standard InChI is InChI=1S/C17H12Cl2N2/c1-11-6-5-9-13(10-11)17-20-15(18)14(16(19)21-17)12-7-3-2-4-8-12/h2-10H,1H3. The first-order valence-corrected chi connectivity index (χ1v) is 7.26. The Morgan fingerprint density at radius 3 is 2.00 bits per heavy atom. The minimum atomic E-state index is 0.359. The van der Waals surface area contributed by atoms with Crippen molar-refractivity contribution in [3.05, 3.63) is 70.5 Å². The zero-order valence-electron chi connectivity index (χ0n) is 11.3. The fourth-order valence-electron chi connectivity index (χ4n) is 2.16. The molecule has 4 heteroatoms. The normalized spacial score (nSPS) is 10.6. The van der Waals surface area contributed by atoms with Crippen LogP contribution in [0.15, 0.2) is 54.6 Å². The zero-order chi connectivity index (χ0) is 14.8. The van der Waals surface area contributed by atoms with Crippen LogP contribution in [0.1, 0.15) is 5.56 Å². The Bertz CT molecular complexity index is 763. The molecule has 3 rings (SSSR count). The third-order valence-corrected chi connectivity index (χ3v) is 3.71. The second-order valence-electron chi connectivity index (χ2n) is 4.74. The molecule has 21 heavy (non-hydrogen) atoms. The molecule has 1 heterocycles. The van der Waals surface area contributed by atoms with Crippen molar-refractivity contribution in [1.29, 1.82) is 0 Å². The Labute approximate surface area is 133 Å². The topological polar surface area (TPSA) is 25.8 Å². The van der Waals surface area contributed by atoms with Crippen LogP contribution in [0.5, 0.6) is 0 Å². The summed E-state index contributed by atoms with van der Waals surface area (Å²) in [4.78, 5) is 8.78. The van der Waals surface area contributed by atoms with Gasteiger partial charge in [0, 0.05) is 5.56 Å². The molecule has 1 aromatic heterocycles. The van der Waals surface area contributed by atoms with Crippen molar-refractivity contribution < 1.29 is 0 Å². The Morgan fingerprint density at radius 2 is 1.38 bits per heavy atom. The third-order valence-electron chi connectivity index (χ3n) is 3.16. The van der Waals surface area contributed by atoms with Crippen LogP contribution in [0.2, 0.25) is 10.3 Å². The predicted octanol–water partition coefficient (Wildman–Crippen LogP) is 5.43. The first kappa shape index (κ1) is 14.1. The maximum absolute atomic E-state index is 6.32. The van der Waals surface area contributed by atoms with E-state index >= 15 is 0 Å². The molecular formula is C17H12Cl2N2. The van der Waals surface area contributed by atoms with Crippen LogP contribution in [0.4, 0.5) is 0 Å². The number of nitrogens with zero attached hydrogens (tertiary/aromatic N) is 2. The van der Waals surface area contributed by atoms with E-state index in [0.29, 0.717) is 21.7 Å². The van der Waals surface area contributed by atoms with Gasteiger partial charge >= 0.3 is 0 Å². The lowest BCUT2D eigenvalue weighted by Crippen LogP contribution is -1.94. The van der Waals surface area contributed by atoms with Gasteiger partial charge in [-0.25, -0.2) is 9.97 Å². The molecule has 0 saturated heterocycles. The molecule has 0 atom stereocenters. The molecule has 0 aliphatic heterocycles. The molecule has 0 bridgehead atoms. The minimum Gasteiger partial charge on any atom is -0.216 e. The van der Waals surface area contributed by atoms with E-state index in [-0.39, 0.29) is 0 Å². The van der Waals surface area contributed by atoms with Gasteiger partial charge in [-0.1, -0.05) is 77.3 Å². The van der Waals surface area contributed by atoms with Crippen LogP contribution >= 0.6 is 23.2 Å². The highest BCUT2D eigenvalue weighted by Crippen LogP contribution is 2.34. The Hall–Kier alpha value is -1.90. The van der Waals surface area contributed by atoms with Gasteiger partial charge in [-0.15, -0.1) is 0 Å². The van der Waals surface area contributed by atoms with Gasteiger partial charge in [0.05, 0.1) is 5.56 Å². The monoisotopic (exact) mass is 314 g/mol. The fraction of sp³-hybridized carbons (Fsp3) is 0.0588. The Balaban J connectivity index is 2.13. The molecule has 0 aliphatic rings. The zero-order valence-corrected chi connectivity index (χ0v) is 12.9. The quantitative estimate of drug-likeness (QED) is 0.590. The molecular weight excluding hydrogens is 303 g/mol. The van der Waals surface area contributed by atoms with Crippen LogP contribution in [0, 0.1) is 6.92 Å². The molecule has 0 spiro atoms. The van der Waals surface area contributed by atoms with Crippen molar-refractivity contribution in [3.63, 3.8) is 0 Å². The van der Waals surface area contributed by atoms with Gasteiger partial charge in [0.2, 0.25) is 0 Å². The number of hydrogen-bond acceptors (Lipinski definition) is 2. The summed E-state index contributed by atoms with van der Waals surface area (Å²) >= 11 is 12.6. The van der Waals surface area contributed by atoms with E-state index in [1.165, 1.54) is 0 Å². The summed E-state index contributed by atoms with van der Waals surface area (Å²) in [7, 11) is 0. The van der Waals surface area contributed by atoms with Crippen molar-refractivity contribution in [2.75, 3.05) is 0 Å². The molecule has 104 valence electrons. The number of benzene rings is 2. The lowest BCUT2D eigenvalue weighted by Gasteiger charge is -2.09. The second-order valence-corrected chi connectivity index (χ2v) is 5.46. The molecule has 0 N–H and O–H groups in total. The molecule has 0 radical (unpaired) electrons. The smallest absolute Gasteiger partial charge is 0.162 e. The molecule has 0 unspecified atom stereocenters. The number of aryl methyl sites for hydroxylation is 1. The fourth-order valence-corrected chi connectivity index (χ4v) is 2.77. The van der Waals surface area contributed by atoms with Gasteiger partial charge in [0.15, 0.2) is 5.82 Å². The lowest BCUT2D eigenvalue weighted by atomic mass is 10.1. The van der Waals surface area contributed by atoms with Crippen LogP contribution in [0.25, 0.3) is 22.5 Å². The van der Waals surface area contributed by atoms with Crippen molar-refractivity contribution >= 4 is 23.2 Å². The molecule has 0 aliphatic carbocycles. The third kappa shape index (κ3) is 2.92. The van der Waals surface area contributed by atoms with E-state index in [4.69, 9.17) is 23.2 Å². The summed E-state index contributed by atoms with van der Waals surface area (Å²) in [5.41, 5.74) is 3.60. The van der Waals surface area contributed by atoms with Crippen LogP contribution in [0.3, 0.4) is 0 Å². The van der Waals surface area contributed by atoms with Crippen molar-refractivity contribution in [2.24, 2.45) is 0 Å². The summed E-state index contributed by atoms with van der Waals surface area (Å²) in [5, 5.41) is 0.718. The van der Waals surface area contributed by atoms with Crippen molar-refractivity contribution in [1.82, 2.24) is 9.97 Å². The van der Waals surface area contributed by atoms with Gasteiger partial charge in [0.1, 0.15) is 10.3 Å². The van der Waals surface area contributed by atoms with E-state index in [9.17, 15) is 0 Å². The van der Waals surface area contributed by atoms with Crippen LogP contribution in [-0.4, -0.2) is 9.97 Å². The maximum Gasteiger partial charge on any atom is 0.162 e. The second kappa shape index (κ2) is 5.84. The molecule has 0 fully saturated rings. The summed E-state index contributed by atoms with van der Waals surface area (Å²) in [6.07, 6.45) is 0. The lowest BCUT2D eigenvalue weighted by molar-refractivity contribution is 1.18. The van der Waals surface area contributed by atoms with E-state index in [0.717, 1.165) is 16.7 Å².